The second-order valence-electron chi connectivity index (χ2n) is 4.77. The smallest absolute Gasteiger partial charge is 0.170 e. The SMILES string of the molecule is O=C(Cc1cc(F)cc(F)c1)c1cccc2c1OCC2. The van der Waals surface area contributed by atoms with E-state index in [1.54, 1.807) is 12.1 Å². The van der Waals surface area contributed by atoms with Crippen molar-refractivity contribution in [2.75, 3.05) is 6.61 Å². The first-order chi connectivity index (χ1) is 9.63. The number of halogens is 2. The van der Waals surface area contributed by atoms with E-state index in [0.29, 0.717) is 23.5 Å². The molecule has 0 aliphatic carbocycles. The van der Waals surface area contributed by atoms with Crippen molar-refractivity contribution in [1.29, 1.82) is 0 Å². The van der Waals surface area contributed by atoms with Crippen molar-refractivity contribution < 1.29 is 18.3 Å². The maximum Gasteiger partial charge on any atom is 0.170 e. The average Bonchev–Trinajstić information content (AvgIpc) is 2.85. The molecule has 0 atom stereocenters. The van der Waals surface area contributed by atoms with Gasteiger partial charge in [0.1, 0.15) is 17.4 Å². The quantitative estimate of drug-likeness (QED) is 0.802. The topological polar surface area (TPSA) is 26.3 Å². The Bertz CT molecular complexity index is 660. The van der Waals surface area contributed by atoms with E-state index in [9.17, 15) is 13.6 Å². The zero-order valence-corrected chi connectivity index (χ0v) is 10.7. The van der Waals surface area contributed by atoms with Crippen LogP contribution < -0.4 is 4.74 Å². The van der Waals surface area contributed by atoms with Gasteiger partial charge in [-0.05, 0) is 29.3 Å². The fraction of sp³-hybridized carbons (Fsp3) is 0.188. The van der Waals surface area contributed by atoms with E-state index < -0.39 is 11.6 Å². The highest BCUT2D eigenvalue weighted by Crippen LogP contribution is 2.30. The molecule has 1 heterocycles. The van der Waals surface area contributed by atoms with Gasteiger partial charge in [0.2, 0.25) is 0 Å². The number of ether oxygens (including phenoxy) is 1. The third kappa shape index (κ3) is 2.41. The number of fused-ring (bicyclic) bond motifs is 1. The minimum absolute atomic E-state index is 0.0471. The highest BCUT2D eigenvalue weighted by atomic mass is 19.1. The summed E-state index contributed by atoms with van der Waals surface area (Å²) in [7, 11) is 0. The summed E-state index contributed by atoms with van der Waals surface area (Å²) in [5.41, 5.74) is 1.80. The van der Waals surface area contributed by atoms with E-state index in [-0.39, 0.29) is 12.2 Å². The summed E-state index contributed by atoms with van der Waals surface area (Å²) in [6.45, 7) is 0.564. The lowest BCUT2D eigenvalue weighted by Crippen LogP contribution is -2.06. The zero-order valence-electron chi connectivity index (χ0n) is 10.7. The van der Waals surface area contributed by atoms with Gasteiger partial charge in [0.15, 0.2) is 5.78 Å². The van der Waals surface area contributed by atoms with Crippen LogP contribution in [0.3, 0.4) is 0 Å². The van der Waals surface area contributed by atoms with Crippen LogP contribution >= 0.6 is 0 Å². The highest BCUT2D eigenvalue weighted by Gasteiger charge is 2.20. The predicted molar refractivity (Wildman–Crippen MR) is 70.0 cm³/mol. The van der Waals surface area contributed by atoms with Crippen molar-refractivity contribution in [2.45, 2.75) is 12.8 Å². The van der Waals surface area contributed by atoms with Crippen LogP contribution in [0.4, 0.5) is 8.78 Å². The number of hydrogen-bond donors (Lipinski definition) is 0. The van der Waals surface area contributed by atoms with Crippen LogP contribution in [0.25, 0.3) is 0 Å². The Morgan fingerprint density at radius 2 is 1.90 bits per heavy atom. The molecule has 0 unspecified atom stereocenters. The zero-order chi connectivity index (χ0) is 14.1. The summed E-state index contributed by atoms with van der Waals surface area (Å²) in [6, 6.07) is 8.53. The van der Waals surface area contributed by atoms with Gasteiger partial charge in [-0.1, -0.05) is 12.1 Å². The number of para-hydroxylation sites is 1. The van der Waals surface area contributed by atoms with Crippen molar-refractivity contribution in [1.82, 2.24) is 0 Å². The van der Waals surface area contributed by atoms with E-state index in [0.717, 1.165) is 18.1 Å². The molecule has 0 aromatic heterocycles. The molecule has 20 heavy (non-hydrogen) atoms. The van der Waals surface area contributed by atoms with Gasteiger partial charge in [-0.25, -0.2) is 8.78 Å². The molecular weight excluding hydrogens is 262 g/mol. The van der Waals surface area contributed by atoms with Crippen LogP contribution in [0, 0.1) is 11.6 Å². The van der Waals surface area contributed by atoms with Crippen LogP contribution in [-0.4, -0.2) is 12.4 Å². The Labute approximate surface area is 115 Å². The number of carbonyl (C=O) groups is 1. The summed E-state index contributed by atoms with van der Waals surface area (Å²) in [5.74, 6) is -0.951. The second kappa shape index (κ2) is 5.04. The largest absolute Gasteiger partial charge is 0.492 e. The van der Waals surface area contributed by atoms with E-state index >= 15 is 0 Å². The lowest BCUT2D eigenvalue weighted by atomic mass is 10.00. The third-order valence-electron chi connectivity index (χ3n) is 3.30. The number of carbonyl (C=O) groups excluding carboxylic acids is 1. The van der Waals surface area contributed by atoms with Gasteiger partial charge in [-0.15, -0.1) is 0 Å². The lowest BCUT2D eigenvalue weighted by Gasteiger charge is -2.07. The predicted octanol–water partition coefficient (Wildman–Crippen LogP) is 3.33. The standard InChI is InChI=1S/C16H12F2O2/c17-12-6-10(7-13(18)9-12)8-15(19)14-3-1-2-11-4-5-20-16(11)14/h1-3,6-7,9H,4-5,8H2. The van der Waals surface area contributed by atoms with Crippen LogP contribution in [0.5, 0.6) is 5.75 Å². The molecule has 0 bridgehead atoms. The van der Waals surface area contributed by atoms with E-state index in [4.69, 9.17) is 4.74 Å². The van der Waals surface area contributed by atoms with Crippen molar-refractivity contribution in [3.05, 3.63) is 64.7 Å². The van der Waals surface area contributed by atoms with Gasteiger partial charge in [-0.3, -0.25) is 4.79 Å². The van der Waals surface area contributed by atoms with Crippen molar-refractivity contribution in [3.63, 3.8) is 0 Å². The normalized spacial score (nSPS) is 12.9. The molecule has 0 radical (unpaired) electrons. The van der Waals surface area contributed by atoms with Gasteiger partial charge in [0, 0.05) is 18.9 Å². The third-order valence-corrected chi connectivity index (χ3v) is 3.30. The van der Waals surface area contributed by atoms with Gasteiger partial charge >= 0.3 is 0 Å². The number of rotatable bonds is 3. The molecule has 2 aromatic carbocycles. The van der Waals surface area contributed by atoms with Gasteiger partial charge < -0.3 is 4.74 Å². The molecule has 102 valence electrons. The molecular formula is C16H12F2O2. The molecule has 0 saturated carbocycles. The molecule has 0 amide bonds. The van der Waals surface area contributed by atoms with Gasteiger partial charge in [-0.2, -0.15) is 0 Å². The maximum atomic E-state index is 13.1. The molecule has 0 fully saturated rings. The van der Waals surface area contributed by atoms with Crippen LogP contribution in [0.2, 0.25) is 0 Å². The van der Waals surface area contributed by atoms with Crippen molar-refractivity contribution in [2.24, 2.45) is 0 Å². The Morgan fingerprint density at radius 3 is 2.65 bits per heavy atom. The first kappa shape index (κ1) is 12.8. The fourth-order valence-electron chi connectivity index (χ4n) is 2.43. The van der Waals surface area contributed by atoms with Gasteiger partial charge in [0.25, 0.3) is 0 Å². The van der Waals surface area contributed by atoms with Crippen LogP contribution in [-0.2, 0) is 12.8 Å². The summed E-state index contributed by atoms with van der Waals surface area (Å²) in [6.07, 6.45) is 0.736. The molecule has 1 aliphatic rings. The molecule has 2 aromatic rings. The molecule has 4 heteroatoms. The maximum absolute atomic E-state index is 13.1. The summed E-state index contributed by atoms with van der Waals surface area (Å²) in [4.78, 5) is 12.3. The molecule has 0 spiro atoms. The second-order valence-corrected chi connectivity index (χ2v) is 4.77. The van der Waals surface area contributed by atoms with Crippen LogP contribution in [0.15, 0.2) is 36.4 Å². The molecule has 0 N–H and O–H groups in total. The summed E-state index contributed by atoms with van der Waals surface area (Å²) < 4.78 is 31.7. The van der Waals surface area contributed by atoms with Gasteiger partial charge in [0.05, 0.1) is 12.2 Å². The van der Waals surface area contributed by atoms with E-state index in [2.05, 4.69) is 0 Å². The molecule has 2 nitrogen and oxygen atoms in total. The Balaban J connectivity index is 1.88. The average molecular weight is 274 g/mol. The fourth-order valence-corrected chi connectivity index (χ4v) is 2.43. The monoisotopic (exact) mass is 274 g/mol. The first-order valence-electron chi connectivity index (χ1n) is 6.36. The molecule has 0 saturated heterocycles. The van der Waals surface area contributed by atoms with E-state index in [1.165, 1.54) is 12.1 Å². The summed E-state index contributed by atoms with van der Waals surface area (Å²) in [5, 5.41) is 0. The Morgan fingerprint density at radius 1 is 1.15 bits per heavy atom. The Kier molecular flexibility index (Phi) is 3.22. The number of benzene rings is 2. The van der Waals surface area contributed by atoms with Crippen LogP contribution in [0.1, 0.15) is 21.5 Å². The lowest BCUT2D eigenvalue weighted by molar-refractivity contribution is 0.0990. The van der Waals surface area contributed by atoms with E-state index in [1.807, 2.05) is 6.07 Å². The molecule has 1 aliphatic heterocycles. The van der Waals surface area contributed by atoms with Crippen molar-refractivity contribution in [3.8, 4) is 5.75 Å². The molecule has 3 rings (SSSR count). The summed E-state index contributed by atoms with van der Waals surface area (Å²) >= 11 is 0. The first-order valence-corrected chi connectivity index (χ1v) is 6.36. The minimum atomic E-state index is -0.678. The number of hydrogen-bond acceptors (Lipinski definition) is 2. The number of Topliss-reactive ketones (excluding diaryl/α,β-unsaturated/α-hetero) is 1. The number of ketones is 1. The minimum Gasteiger partial charge on any atom is -0.492 e. The Hall–Kier alpha value is -2.23. The van der Waals surface area contributed by atoms with Crippen molar-refractivity contribution >= 4 is 5.78 Å². The highest BCUT2D eigenvalue weighted by molar-refractivity contribution is 6.00.